The zero-order valence-electron chi connectivity index (χ0n) is 15.3. The second-order valence-electron chi connectivity index (χ2n) is 6.90. The first-order valence-corrected chi connectivity index (χ1v) is 10.9. The number of halogens is 1. The van der Waals surface area contributed by atoms with Gasteiger partial charge in [0.15, 0.2) is 0 Å². The van der Waals surface area contributed by atoms with Crippen molar-refractivity contribution in [2.24, 2.45) is 5.73 Å². The summed E-state index contributed by atoms with van der Waals surface area (Å²) < 4.78 is 22.3. The highest BCUT2D eigenvalue weighted by Gasteiger charge is 2.16. The topological polar surface area (TPSA) is 92.5 Å². The number of nitrogens with zero attached hydrogens (tertiary/aromatic N) is 1. The van der Waals surface area contributed by atoms with Crippen LogP contribution in [-0.2, 0) is 21.2 Å². The fraction of sp³-hybridized carbons (Fsp3) is 0.611. The Kier molecular flexibility index (Phi) is 9.57. The van der Waals surface area contributed by atoms with Crippen molar-refractivity contribution in [3.63, 3.8) is 0 Å². The SMILES string of the molecule is CS(=O)(=O)CCC(N)C(=O)Nc1ccc(CN2CCCCCC2)cc1.Cl. The quantitative estimate of drug-likeness (QED) is 0.727. The second-order valence-corrected chi connectivity index (χ2v) is 9.16. The van der Waals surface area contributed by atoms with Crippen molar-refractivity contribution in [3.05, 3.63) is 29.8 Å². The highest BCUT2D eigenvalue weighted by Crippen LogP contribution is 2.15. The van der Waals surface area contributed by atoms with E-state index in [0.717, 1.165) is 25.9 Å². The lowest BCUT2D eigenvalue weighted by Crippen LogP contribution is -2.37. The van der Waals surface area contributed by atoms with E-state index in [-0.39, 0.29) is 30.5 Å². The number of hydrogen-bond acceptors (Lipinski definition) is 5. The Balaban J connectivity index is 0.00000338. The molecule has 1 fully saturated rings. The Morgan fingerprint density at radius 2 is 1.73 bits per heavy atom. The number of sulfone groups is 1. The second kappa shape index (κ2) is 10.9. The van der Waals surface area contributed by atoms with E-state index in [1.54, 1.807) is 0 Å². The molecule has 0 saturated carbocycles. The minimum absolute atomic E-state index is 0. The van der Waals surface area contributed by atoms with Crippen LogP contribution in [0.15, 0.2) is 24.3 Å². The Morgan fingerprint density at radius 3 is 2.27 bits per heavy atom. The first kappa shape index (κ1) is 22.9. The fourth-order valence-electron chi connectivity index (χ4n) is 2.95. The van der Waals surface area contributed by atoms with Crippen molar-refractivity contribution in [1.29, 1.82) is 0 Å². The summed E-state index contributed by atoms with van der Waals surface area (Å²) in [6, 6.07) is 6.94. The number of nitrogens with one attached hydrogen (secondary N) is 1. The lowest BCUT2D eigenvalue weighted by Gasteiger charge is -2.20. The molecule has 148 valence electrons. The number of nitrogens with two attached hydrogens (primary N) is 1. The molecule has 1 aliphatic heterocycles. The van der Waals surface area contributed by atoms with E-state index in [4.69, 9.17) is 5.73 Å². The van der Waals surface area contributed by atoms with E-state index < -0.39 is 15.9 Å². The van der Waals surface area contributed by atoms with Crippen LogP contribution in [0.3, 0.4) is 0 Å². The van der Waals surface area contributed by atoms with Crippen molar-refractivity contribution in [1.82, 2.24) is 4.90 Å². The van der Waals surface area contributed by atoms with Crippen LogP contribution in [0.25, 0.3) is 0 Å². The molecule has 1 saturated heterocycles. The minimum atomic E-state index is -3.11. The van der Waals surface area contributed by atoms with Crippen molar-refractivity contribution in [3.8, 4) is 0 Å². The molecule has 1 atom stereocenters. The molecule has 1 heterocycles. The van der Waals surface area contributed by atoms with Crippen LogP contribution >= 0.6 is 12.4 Å². The van der Waals surface area contributed by atoms with Crippen LogP contribution < -0.4 is 11.1 Å². The van der Waals surface area contributed by atoms with Gasteiger partial charge in [-0.25, -0.2) is 8.42 Å². The van der Waals surface area contributed by atoms with Gasteiger partial charge in [0, 0.05) is 18.5 Å². The van der Waals surface area contributed by atoms with Gasteiger partial charge in [0.25, 0.3) is 0 Å². The third kappa shape index (κ3) is 8.49. The number of anilines is 1. The van der Waals surface area contributed by atoms with Gasteiger partial charge in [-0.15, -0.1) is 12.4 Å². The number of benzene rings is 1. The molecule has 0 radical (unpaired) electrons. The van der Waals surface area contributed by atoms with Crippen LogP contribution in [0.1, 0.15) is 37.7 Å². The molecular weight excluding hydrogens is 374 g/mol. The first-order valence-electron chi connectivity index (χ1n) is 8.89. The molecule has 2 rings (SSSR count). The molecule has 1 amide bonds. The molecule has 1 aromatic carbocycles. The Bertz CT molecular complexity index is 657. The summed E-state index contributed by atoms with van der Waals surface area (Å²) in [5.74, 6) is -0.444. The maximum absolute atomic E-state index is 12.0. The molecule has 26 heavy (non-hydrogen) atoms. The maximum atomic E-state index is 12.0. The molecule has 0 aromatic heterocycles. The third-order valence-electron chi connectivity index (χ3n) is 4.46. The van der Waals surface area contributed by atoms with Gasteiger partial charge in [-0.1, -0.05) is 25.0 Å². The lowest BCUT2D eigenvalue weighted by atomic mass is 10.1. The Morgan fingerprint density at radius 1 is 1.15 bits per heavy atom. The van der Waals surface area contributed by atoms with Gasteiger partial charge in [-0.05, 0) is 50.0 Å². The molecule has 8 heteroatoms. The predicted octanol–water partition coefficient (Wildman–Crippen LogP) is 2.18. The zero-order valence-corrected chi connectivity index (χ0v) is 16.9. The summed E-state index contributed by atoms with van der Waals surface area (Å²) in [6.07, 6.45) is 6.43. The summed E-state index contributed by atoms with van der Waals surface area (Å²) in [6.45, 7) is 3.23. The minimum Gasteiger partial charge on any atom is -0.325 e. The molecule has 1 aliphatic rings. The summed E-state index contributed by atoms with van der Waals surface area (Å²) in [7, 11) is -3.11. The van der Waals surface area contributed by atoms with Gasteiger partial charge >= 0.3 is 0 Å². The summed E-state index contributed by atoms with van der Waals surface area (Å²) in [4.78, 5) is 14.5. The number of amides is 1. The molecule has 0 aliphatic carbocycles. The predicted molar refractivity (Wildman–Crippen MR) is 108 cm³/mol. The van der Waals surface area contributed by atoms with E-state index in [2.05, 4.69) is 10.2 Å². The molecule has 3 N–H and O–H groups in total. The van der Waals surface area contributed by atoms with Gasteiger partial charge in [0.1, 0.15) is 9.84 Å². The number of rotatable bonds is 7. The van der Waals surface area contributed by atoms with Crippen LogP contribution in [0.5, 0.6) is 0 Å². The van der Waals surface area contributed by atoms with Gasteiger partial charge < -0.3 is 11.1 Å². The highest BCUT2D eigenvalue weighted by atomic mass is 35.5. The molecule has 1 aromatic rings. The number of carbonyl (C=O) groups excluding carboxylic acids is 1. The molecule has 6 nitrogen and oxygen atoms in total. The Hall–Kier alpha value is -1.15. The van der Waals surface area contributed by atoms with Gasteiger partial charge in [0.05, 0.1) is 11.8 Å². The van der Waals surface area contributed by atoms with Crippen molar-refractivity contribution in [2.75, 3.05) is 30.4 Å². The Labute approximate surface area is 162 Å². The van der Waals surface area contributed by atoms with E-state index >= 15 is 0 Å². The van der Waals surface area contributed by atoms with E-state index in [0.29, 0.717) is 5.69 Å². The van der Waals surface area contributed by atoms with Crippen LogP contribution in [0.2, 0.25) is 0 Å². The third-order valence-corrected chi connectivity index (χ3v) is 5.44. The van der Waals surface area contributed by atoms with Crippen molar-refractivity contribution < 1.29 is 13.2 Å². The molecule has 0 bridgehead atoms. The van der Waals surface area contributed by atoms with Gasteiger partial charge in [0.2, 0.25) is 5.91 Å². The average Bonchev–Trinajstić information content (AvgIpc) is 2.82. The standard InChI is InChI=1S/C18H29N3O3S.ClH/c1-25(23,24)13-10-17(19)18(22)20-16-8-6-15(7-9-16)14-21-11-4-2-3-5-12-21;/h6-9,17H,2-5,10-14,19H2,1H3,(H,20,22);1H. The van der Waals surface area contributed by atoms with Crippen LogP contribution in [0.4, 0.5) is 5.69 Å². The summed E-state index contributed by atoms with van der Waals surface area (Å²) in [5, 5.41) is 2.75. The summed E-state index contributed by atoms with van der Waals surface area (Å²) in [5.41, 5.74) is 7.66. The van der Waals surface area contributed by atoms with E-state index in [1.165, 1.54) is 31.2 Å². The fourth-order valence-corrected chi connectivity index (χ4v) is 3.64. The van der Waals surface area contributed by atoms with E-state index in [9.17, 15) is 13.2 Å². The number of likely N-dealkylation sites (tertiary alicyclic amines) is 1. The van der Waals surface area contributed by atoms with Gasteiger partial charge in [-0.3, -0.25) is 9.69 Å². The summed E-state index contributed by atoms with van der Waals surface area (Å²) >= 11 is 0. The number of carbonyl (C=O) groups is 1. The number of hydrogen-bond donors (Lipinski definition) is 2. The van der Waals surface area contributed by atoms with Crippen LogP contribution in [-0.4, -0.2) is 50.4 Å². The molecule has 1 unspecified atom stereocenters. The highest BCUT2D eigenvalue weighted by molar-refractivity contribution is 7.90. The van der Waals surface area contributed by atoms with Gasteiger partial charge in [-0.2, -0.15) is 0 Å². The first-order chi connectivity index (χ1) is 11.8. The van der Waals surface area contributed by atoms with Crippen LogP contribution in [0, 0.1) is 0 Å². The smallest absolute Gasteiger partial charge is 0.241 e. The molecule has 0 spiro atoms. The van der Waals surface area contributed by atoms with Crippen molar-refractivity contribution >= 4 is 33.8 Å². The lowest BCUT2D eigenvalue weighted by molar-refractivity contribution is -0.117. The normalized spacial score (nSPS) is 17.0. The van der Waals surface area contributed by atoms with Crippen molar-refractivity contribution in [2.45, 2.75) is 44.7 Å². The average molecular weight is 404 g/mol. The zero-order chi connectivity index (χ0) is 18.3. The maximum Gasteiger partial charge on any atom is 0.241 e. The largest absolute Gasteiger partial charge is 0.325 e. The van der Waals surface area contributed by atoms with E-state index in [1.807, 2.05) is 24.3 Å². The molecular formula is C18H30ClN3O3S. The monoisotopic (exact) mass is 403 g/mol.